The van der Waals surface area contributed by atoms with Crippen molar-refractivity contribution in [1.82, 2.24) is 15.6 Å². The molecule has 0 saturated heterocycles. The number of rotatable bonds is 9. The number of aromatic nitrogens is 1. The summed E-state index contributed by atoms with van der Waals surface area (Å²) in [5, 5.41) is 14.4. The highest BCUT2D eigenvalue weighted by Gasteiger charge is 2.10. The molecule has 3 N–H and O–H groups in total. The van der Waals surface area contributed by atoms with Gasteiger partial charge in [0.2, 0.25) is 0 Å². The van der Waals surface area contributed by atoms with Crippen LogP contribution >= 0.6 is 0 Å². The molecule has 1 unspecified atom stereocenters. The van der Waals surface area contributed by atoms with Crippen LogP contribution in [-0.2, 0) is 11.3 Å². The number of benzene rings is 1. The molecular formula is C19H23N3O4. The number of aliphatic hydroxyl groups is 1. The summed E-state index contributed by atoms with van der Waals surface area (Å²) in [7, 11) is 0. The van der Waals surface area contributed by atoms with Crippen molar-refractivity contribution in [3.63, 3.8) is 0 Å². The van der Waals surface area contributed by atoms with E-state index < -0.39 is 12.0 Å². The van der Waals surface area contributed by atoms with Crippen molar-refractivity contribution in [2.24, 2.45) is 0 Å². The average Bonchev–Trinajstić information content (AvgIpc) is 2.66. The highest BCUT2D eigenvalue weighted by molar-refractivity contribution is 5.96. The Morgan fingerprint density at radius 2 is 1.88 bits per heavy atom. The smallest absolute Gasteiger partial charge is 0.269 e. The van der Waals surface area contributed by atoms with Gasteiger partial charge in [-0.2, -0.15) is 0 Å². The van der Waals surface area contributed by atoms with Gasteiger partial charge in [0.25, 0.3) is 11.8 Å². The van der Waals surface area contributed by atoms with Crippen LogP contribution < -0.4 is 10.6 Å². The second kappa shape index (κ2) is 10.3. The number of nitrogens with zero attached hydrogens (tertiary/aromatic N) is 1. The first-order valence-corrected chi connectivity index (χ1v) is 8.38. The van der Waals surface area contributed by atoms with E-state index in [9.17, 15) is 9.59 Å². The summed E-state index contributed by atoms with van der Waals surface area (Å²) < 4.78 is 5.50. The third-order valence-electron chi connectivity index (χ3n) is 3.46. The molecule has 1 heterocycles. The normalized spacial score (nSPS) is 11.6. The number of amides is 2. The Kier molecular flexibility index (Phi) is 7.73. The van der Waals surface area contributed by atoms with Crippen LogP contribution in [0.25, 0.3) is 0 Å². The second-order valence-corrected chi connectivity index (χ2v) is 5.79. The summed E-state index contributed by atoms with van der Waals surface area (Å²) in [4.78, 5) is 27.8. The molecule has 0 fully saturated rings. The molecule has 0 saturated carbocycles. The van der Waals surface area contributed by atoms with Gasteiger partial charge in [-0.05, 0) is 24.6 Å². The van der Waals surface area contributed by atoms with Gasteiger partial charge >= 0.3 is 0 Å². The van der Waals surface area contributed by atoms with E-state index in [1.807, 2.05) is 30.3 Å². The van der Waals surface area contributed by atoms with Gasteiger partial charge in [0, 0.05) is 19.3 Å². The molecule has 0 radical (unpaired) electrons. The molecule has 0 aliphatic heterocycles. The van der Waals surface area contributed by atoms with Gasteiger partial charge in [0.1, 0.15) is 5.69 Å². The lowest BCUT2D eigenvalue weighted by atomic mass is 10.2. The summed E-state index contributed by atoms with van der Waals surface area (Å²) in [5.74, 6) is -0.677. The number of ether oxygens (including phenoxy) is 1. The second-order valence-electron chi connectivity index (χ2n) is 5.79. The van der Waals surface area contributed by atoms with Crippen molar-refractivity contribution in [1.29, 1.82) is 0 Å². The Hall–Kier alpha value is -2.77. The molecule has 2 rings (SSSR count). The monoisotopic (exact) mass is 357 g/mol. The molecule has 1 aromatic carbocycles. The lowest BCUT2D eigenvalue weighted by molar-refractivity contribution is 0.0895. The number of hydrogen-bond donors (Lipinski definition) is 3. The molecule has 7 nitrogen and oxygen atoms in total. The minimum absolute atomic E-state index is 0.145. The van der Waals surface area contributed by atoms with E-state index in [0.717, 1.165) is 5.56 Å². The Labute approximate surface area is 152 Å². The van der Waals surface area contributed by atoms with Crippen LogP contribution in [0.15, 0.2) is 48.7 Å². The van der Waals surface area contributed by atoms with E-state index >= 15 is 0 Å². The Morgan fingerprint density at radius 3 is 2.54 bits per heavy atom. The van der Waals surface area contributed by atoms with Crippen LogP contribution in [0.1, 0.15) is 33.3 Å². The van der Waals surface area contributed by atoms with Crippen molar-refractivity contribution < 1.29 is 19.4 Å². The zero-order valence-electron chi connectivity index (χ0n) is 14.6. The molecule has 7 heteroatoms. The zero-order valence-corrected chi connectivity index (χ0v) is 14.6. The number of carbonyl (C=O) groups is 2. The van der Waals surface area contributed by atoms with Crippen LogP contribution in [0, 0.1) is 0 Å². The third-order valence-corrected chi connectivity index (χ3v) is 3.46. The van der Waals surface area contributed by atoms with Crippen LogP contribution in [0.4, 0.5) is 0 Å². The fraction of sp³-hybridized carbons (Fsp3) is 0.316. The molecule has 0 bridgehead atoms. The van der Waals surface area contributed by atoms with Crippen molar-refractivity contribution in [2.45, 2.75) is 19.6 Å². The molecule has 138 valence electrons. The van der Waals surface area contributed by atoms with Crippen LogP contribution in [0.5, 0.6) is 0 Å². The highest BCUT2D eigenvalue weighted by atomic mass is 16.5. The van der Waals surface area contributed by atoms with Gasteiger partial charge in [-0.3, -0.25) is 14.6 Å². The molecule has 26 heavy (non-hydrogen) atoms. The fourth-order valence-electron chi connectivity index (χ4n) is 2.10. The molecule has 0 aliphatic carbocycles. The lowest BCUT2D eigenvalue weighted by Crippen LogP contribution is -2.31. The minimum atomic E-state index is -0.631. The first-order chi connectivity index (χ1) is 12.6. The van der Waals surface area contributed by atoms with E-state index in [-0.39, 0.29) is 18.1 Å². The summed E-state index contributed by atoms with van der Waals surface area (Å²) in [6.45, 7) is 2.99. The van der Waals surface area contributed by atoms with Gasteiger partial charge in [-0.25, -0.2) is 0 Å². The maximum absolute atomic E-state index is 12.0. The maximum Gasteiger partial charge on any atom is 0.269 e. The molecule has 0 aliphatic rings. The first kappa shape index (κ1) is 19.6. The van der Waals surface area contributed by atoms with Crippen LogP contribution in [-0.4, -0.2) is 47.7 Å². The van der Waals surface area contributed by atoms with Crippen LogP contribution in [0.3, 0.4) is 0 Å². The quantitative estimate of drug-likeness (QED) is 0.584. The summed E-state index contributed by atoms with van der Waals surface area (Å²) in [6, 6.07) is 12.8. The van der Waals surface area contributed by atoms with Gasteiger partial charge in [-0.1, -0.05) is 30.3 Å². The zero-order chi connectivity index (χ0) is 18.8. The van der Waals surface area contributed by atoms with E-state index in [4.69, 9.17) is 9.84 Å². The topological polar surface area (TPSA) is 101 Å². The SMILES string of the molecule is CC(O)CNC(=O)c1ccc(C(=O)NCCOCc2ccccc2)cn1. The van der Waals surface area contributed by atoms with Crippen molar-refractivity contribution in [3.05, 3.63) is 65.5 Å². The molecule has 1 atom stereocenters. The summed E-state index contributed by atoms with van der Waals surface area (Å²) >= 11 is 0. The Bertz CT molecular complexity index is 702. The van der Waals surface area contributed by atoms with E-state index in [0.29, 0.717) is 25.3 Å². The highest BCUT2D eigenvalue weighted by Crippen LogP contribution is 2.02. The number of pyridine rings is 1. The van der Waals surface area contributed by atoms with Gasteiger partial charge < -0.3 is 20.5 Å². The molecule has 0 spiro atoms. The van der Waals surface area contributed by atoms with E-state index in [1.54, 1.807) is 6.92 Å². The molecule has 2 aromatic rings. The van der Waals surface area contributed by atoms with Gasteiger partial charge in [-0.15, -0.1) is 0 Å². The number of carbonyl (C=O) groups excluding carboxylic acids is 2. The minimum Gasteiger partial charge on any atom is -0.392 e. The molecule has 2 amide bonds. The lowest BCUT2D eigenvalue weighted by Gasteiger charge is -2.08. The van der Waals surface area contributed by atoms with Crippen molar-refractivity contribution in [3.8, 4) is 0 Å². The third kappa shape index (κ3) is 6.62. The Balaban J connectivity index is 1.71. The first-order valence-electron chi connectivity index (χ1n) is 8.38. The van der Waals surface area contributed by atoms with Gasteiger partial charge in [0.05, 0.1) is 24.9 Å². The largest absolute Gasteiger partial charge is 0.392 e. The van der Waals surface area contributed by atoms with Gasteiger partial charge in [0.15, 0.2) is 0 Å². The summed E-state index contributed by atoms with van der Waals surface area (Å²) in [6.07, 6.45) is 0.713. The number of aliphatic hydroxyl groups excluding tert-OH is 1. The van der Waals surface area contributed by atoms with Crippen molar-refractivity contribution in [2.75, 3.05) is 19.7 Å². The molecule has 1 aromatic heterocycles. The Morgan fingerprint density at radius 1 is 1.12 bits per heavy atom. The predicted octanol–water partition coefficient (Wildman–Crippen LogP) is 1.14. The van der Waals surface area contributed by atoms with Crippen LogP contribution in [0.2, 0.25) is 0 Å². The van der Waals surface area contributed by atoms with E-state index in [2.05, 4.69) is 15.6 Å². The predicted molar refractivity (Wildman–Crippen MR) is 96.7 cm³/mol. The van der Waals surface area contributed by atoms with Crippen molar-refractivity contribution >= 4 is 11.8 Å². The number of hydrogen-bond acceptors (Lipinski definition) is 5. The number of nitrogens with one attached hydrogen (secondary N) is 2. The van der Waals surface area contributed by atoms with E-state index in [1.165, 1.54) is 18.3 Å². The standard InChI is InChI=1S/C19H23N3O4/c1-14(23)11-22-19(25)17-8-7-16(12-21-17)18(24)20-9-10-26-13-15-5-3-2-4-6-15/h2-8,12,14,23H,9-11,13H2,1H3,(H,20,24)(H,22,25). The summed E-state index contributed by atoms with van der Waals surface area (Å²) in [5.41, 5.74) is 1.63. The molecular weight excluding hydrogens is 334 g/mol. The average molecular weight is 357 g/mol. The maximum atomic E-state index is 12.0. The fourth-order valence-corrected chi connectivity index (χ4v) is 2.10.